The zero-order valence-electron chi connectivity index (χ0n) is 16.4. The number of hydrogen-bond acceptors (Lipinski definition) is 4. The number of hydrogen-bond donors (Lipinski definition) is 1. The van der Waals surface area contributed by atoms with Crippen LogP contribution in [0.3, 0.4) is 0 Å². The minimum absolute atomic E-state index is 0.0937. The molecule has 0 saturated carbocycles. The molecule has 7 heteroatoms. The molecular weight excluding hydrogens is 383 g/mol. The average Bonchev–Trinajstić information content (AvgIpc) is 2.62. The predicted molar refractivity (Wildman–Crippen MR) is 102 cm³/mol. The molecule has 0 aliphatic heterocycles. The third-order valence-electron chi connectivity index (χ3n) is 4.13. The van der Waals surface area contributed by atoms with Crippen molar-refractivity contribution in [3.05, 3.63) is 64.7 Å². The Balaban J connectivity index is 2.61. The van der Waals surface area contributed by atoms with E-state index in [0.29, 0.717) is 5.75 Å². The quantitative estimate of drug-likeness (QED) is 0.374. The molecule has 152 valence electrons. The molecule has 2 aromatic carbocycles. The molecule has 0 fully saturated rings. The molecule has 0 heterocycles. The van der Waals surface area contributed by atoms with Gasteiger partial charge in [-0.25, -0.2) is 0 Å². The maximum Gasteiger partial charge on any atom is 0.417 e. The van der Waals surface area contributed by atoms with Crippen molar-refractivity contribution in [1.29, 1.82) is 5.26 Å². The molecule has 2 aromatic rings. The molecule has 0 atom stereocenters. The van der Waals surface area contributed by atoms with Gasteiger partial charge in [0, 0.05) is 11.0 Å². The standard InChI is InChI=1S/C22H20F3NO3/c1-13-7-5-6-8-18(13)29-14-9-10-15(17(11-14)22(23,24)25)19(27)16(12-26)20(28)21(2,3)4/h5-11,27H,1-4H3. The lowest BCUT2D eigenvalue weighted by Gasteiger charge is -2.19. The van der Waals surface area contributed by atoms with Gasteiger partial charge in [-0.2, -0.15) is 18.4 Å². The van der Waals surface area contributed by atoms with Crippen LogP contribution in [0.2, 0.25) is 0 Å². The highest BCUT2D eigenvalue weighted by molar-refractivity contribution is 6.07. The van der Waals surface area contributed by atoms with Crippen molar-refractivity contribution in [2.75, 3.05) is 0 Å². The highest BCUT2D eigenvalue weighted by atomic mass is 19.4. The minimum Gasteiger partial charge on any atom is -0.506 e. The average molecular weight is 403 g/mol. The molecule has 4 nitrogen and oxygen atoms in total. The Morgan fingerprint density at radius 2 is 1.72 bits per heavy atom. The Hall–Kier alpha value is -3.27. The molecule has 0 saturated heterocycles. The molecule has 0 aliphatic rings. The van der Waals surface area contributed by atoms with E-state index in [9.17, 15) is 28.3 Å². The first-order valence-electron chi connectivity index (χ1n) is 8.69. The van der Waals surface area contributed by atoms with Crippen molar-refractivity contribution in [1.82, 2.24) is 0 Å². The van der Waals surface area contributed by atoms with Crippen LogP contribution in [0.15, 0.2) is 48.0 Å². The first-order chi connectivity index (χ1) is 13.4. The number of allylic oxidation sites excluding steroid dienone is 1. The van der Waals surface area contributed by atoms with Gasteiger partial charge >= 0.3 is 6.18 Å². The number of nitrogens with zero attached hydrogens (tertiary/aromatic N) is 1. The van der Waals surface area contributed by atoms with E-state index in [1.165, 1.54) is 32.9 Å². The van der Waals surface area contributed by atoms with Gasteiger partial charge in [0.25, 0.3) is 0 Å². The number of ether oxygens (including phenoxy) is 1. The Morgan fingerprint density at radius 1 is 1.10 bits per heavy atom. The summed E-state index contributed by atoms with van der Waals surface area (Å²) in [5, 5.41) is 19.6. The number of aryl methyl sites for hydroxylation is 1. The molecule has 0 spiro atoms. The molecule has 0 aliphatic carbocycles. The number of rotatable bonds is 4. The lowest BCUT2D eigenvalue weighted by molar-refractivity contribution is -0.138. The van der Waals surface area contributed by atoms with E-state index in [1.54, 1.807) is 31.2 Å². The molecule has 0 radical (unpaired) electrons. The molecule has 29 heavy (non-hydrogen) atoms. The fourth-order valence-electron chi connectivity index (χ4n) is 2.55. The lowest BCUT2D eigenvalue weighted by atomic mass is 9.85. The molecule has 0 amide bonds. The Morgan fingerprint density at radius 3 is 2.24 bits per heavy atom. The van der Waals surface area contributed by atoms with Crippen LogP contribution >= 0.6 is 0 Å². The Bertz CT molecular complexity index is 1010. The minimum atomic E-state index is -4.85. The zero-order valence-corrected chi connectivity index (χ0v) is 16.4. The van der Waals surface area contributed by atoms with Crippen LogP contribution in [0.25, 0.3) is 5.76 Å². The zero-order chi connectivity index (χ0) is 22.0. The van der Waals surface area contributed by atoms with Gasteiger partial charge in [0.15, 0.2) is 5.78 Å². The topological polar surface area (TPSA) is 70.3 Å². The second kappa shape index (κ2) is 8.00. The summed E-state index contributed by atoms with van der Waals surface area (Å²) in [4.78, 5) is 12.4. The van der Waals surface area contributed by atoms with Crippen LogP contribution in [-0.4, -0.2) is 10.9 Å². The number of para-hydroxylation sites is 1. The van der Waals surface area contributed by atoms with Crippen LogP contribution < -0.4 is 4.74 Å². The summed E-state index contributed by atoms with van der Waals surface area (Å²) in [6.07, 6.45) is -4.85. The molecule has 1 N–H and O–H groups in total. The fraction of sp³-hybridized carbons (Fsp3) is 0.273. The van der Waals surface area contributed by atoms with Crippen molar-refractivity contribution < 1.29 is 27.8 Å². The third-order valence-corrected chi connectivity index (χ3v) is 4.13. The SMILES string of the molecule is Cc1ccccc1Oc1ccc(C(O)=C(C#N)C(=O)C(C)(C)C)c(C(F)(F)F)c1. The number of aliphatic hydroxyl groups is 1. The first-order valence-corrected chi connectivity index (χ1v) is 8.69. The van der Waals surface area contributed by atoms with Gasteiger partial charge in [-0.05, 0) is 36.8 Å². The summed E-state index contributed by atoms with van der Waals surface area (Å²) >= 11 is 0. The van der Waals surface area contributed by atoms with Gasteiger partial charge in [-0.1, -0.05) is 39.0 Å². The maximum atomic E-state index is 13.7. The Labute approximate surface area is 166 Å². The summed E-state index contributed by atoms with van der Waals surface area (Å²) in [6.45, 7) is 6.26. The van der Waals surface area contributed by atoms with E-state index in [2.05, 4.69) is 0 Å². The monoisotopic (exact) mass is 403 g/mol. The third kappa shape index (κ3) is 4.96. The molecule has 0 unspecified atom stereocenters. The number of aliphatic hydroxyl groups excluding tert-OH is 1. The predicted octanol–water partition coefficient (Wildman–Crippen LogP) is 6.21. The highest BCUT2D eigenvalue weighted by Gasteiger charge is 2.37. The van der Waals surface area contributed by atoms with Gasteiger partial charge in [-0.15, -0.1) is 0 Å². The number of carbonyl (C=O) groups is 1. The van der Waals surface area contributed by atoms with Crippen LogP contribution in [0.1, 0.15) is 37.5 Å². The smallest absolute Gasteiger partial charge is 0.417 e. The highest BCUT2D eigenvalue weighted by Crippen LogP contribution is 2.39. The number of carbonyl (C=O) groups excluding carboxylic acids is 1. The van der Waals surface area contributed by atoms with E-state index >= 15 is 0 Å². The lowest BCUT2D eigenvalue weighted by Crippen LogP contribution is -2.23. The van der Waals surface area contributed by atoms with Gasteiger partial charge in [-0.3, -0.25) is 4.79 Å². The molecule has 0 aromatic heterocycles. The largest absolute Gasteiger partial charge is 0.506 e. The molecule has 2 rings (SSSR count). The van der Waals surface area contributed by atoms with E-state index in [0.717, 1.165) is 17.7 Å². The van der Waals surface area contributed by atoms with Crippen LogP contribution in [-0.2, 0) is 11.0 Å². The van der Waals surface area contributed by atoms with E-state index in [-0.39, 0.29) is 5.75 Å². The van der Waals surface area contributed by atoms with Crippen molar-refractivity contribution in [3.8, 4) is 17.6 Å². The maximum absolute atomic E-state index is 13.7. The number of Topliss-reactive ketones (excluding diaryl/α,β-unsaturated/α-hetero) is 1. The normalized spacial score (nSPS) is 12.8. The van der Waals surface area contributed by atoms with Gasteiger partial charge in [0.2, 0.25) is 0 Å². The summed E-state index contributed by atoms with van der Waals surface area (Å²) in [7, 11) is 0. The Kier molecular flexibility index (Phi) is 6.07. The van der Waals surface area contributed by atoms with Gasteiger partial charge in [0.1, 0.15) is 28.9 Å². The second-order valence-corrected chi connectivity index (χ2v) is 7.49. The van der Waals surface area contributed by atoms with Crippen LogP contribution in [0.5, 0.6) is 11.5 Å². The summed E-state index contributed by atoms with van der Waals surface area (Å²) in [5.74, 6) is -1.48. The van der Waals surface area contributed by atoms with Gasteiger partial charge in [0.05, 0.1) is 5.56 Å². The van der Waals surface area contributed by atoms with Crippen LogP contribution in [0.4, 0.5) is 13.2 Å². The van der Waals surface area contributed by atoms with Gasteiger partial charge < -0.3 is 9.84 Å². The fourth-order valence-corrected chi connectivity index (χ4v) is 2.55. The molecule has 0 bridgehead atoms. The van der Waals surface area contributed by atoms with Crippen molar-refractivity contribution in [2.24, 2.45) is 5.41 Å². The van der Waals surface area contributed by atoms with E-state index < -0.39 is 39.8 Å². The molecular formula is C22H20F3NO3. The number of benzene rings is 2. The summed E-state index contributed by atoms with van der Waals surface area (Å²) in [6, 6.07) is 11.3. The number of alkyl halides is 3. The summed E-state index contributed by atoms with van der Waals surface area (Å²) in [5.41, 5.74) is -2.92. The number of ketones is 1. The first kappa shape index (κ1) is 22.0. The van der Waals surface area contributed by atoms with Crippen molar-refractivity contribution in [3.63, 3.8) is 0 Å². The second-order valence-electron chi connectivity index (χ2n) is 7.49. The van der Waals surface area contributed by atoms with Crippen molar-refractivity contribution in [2.45, 2.75) is 33.9 Å². The number of nitriles is 1. The van der Waals surface area contributed by atoms with Crippen molar-refractivity contribution >= 4 is 11.5 Å². The van der Waals surface area contributed by atoms with Crippen LogP contribution in [0, 0.1) is 23.7 Å². The number of halogens is 3. The summed E-state index contributed by atoms with van der Waals surface area (Å²) < 4.78 is 46.5. The van der Waals surface area contributed by atoms with E-state index in [1.807, 2.05) is 0 Å². The van der Waals surface area contributed by atoms with E-state index in [4.69, 9.17) is 4.74 Å².